The van der Waals surface area contributed by atoms with Crippen LogP contribution in [0, 0.1) is 0 Å². The van der Waals surface area contributed by atoms with E-state index >= 15 is 0 Å². The molecule has 0 atom stereocenters. The van der Waals surface area contributed by atoms with E-state index in [1.54, 1.807) is 0 Å². The number of sulfone groups is 1. The van der Waals surface area contributed by atoms with E-state index in [4.69, 9.17) is 10.5 Å². The highest BCUT2D eigenvalue weighted by Crippen LogP contribution is 2.26. The van der Waals surface area contributed by atoms with Crippen LogP contribution in [0.1, 0.15) is 0 Å². The number of hydrogen-bond donors (Lipinski definition) is 1. The van der Waals surface area contributed by atoms with Crippen LogP contribution >= 0.6 is 0 Å². The lowest BCUT2D eigenvalue weighted by Crippen LogP contribution is -2.31. The summed E-state index contributed by atoms with van der Waals surface area (Å²) in [6, 6.07) is 4.09. The van der Waals surface area contributed by atoms with Crippen molar-refractivity contribution in [3.8, 4) is 5.75 Å². The summed E-state index contributed by atoms with van der Waals surface area (Å²) in [5, 5.41) is 0. The van der Waals surface area contributed by atoms with Gasteiger partial charge in [-0.15, -0.1) is 0 Å². The predicted octanol–water partition coefficient (Wildman–Crippen LogP) is -0.0575. The summed E-state index contributed by atoms with van der Waals surface area (Å²) in [7, 11) is -4.30. The summed E-state index contributed by atoms with van der Waals surface area (Å²) in [6.07, 6.45) is 1.06. The van der Waals surface area contributed by atoms with Crippen molar-refractivity contribution in [1.82, 2.24) is 4.31 Å². The van der Waals surface area contributed by atoms with Gasteiger partial charge in [0.15, 0.2) is 0 Å². The third kappa shape index (κ3) is 4.09. The van der Waals surface area contributed by atoms with Crippen LogP contribution in [0.25, 0.3) is 0 Å². The van der Waals surface area contributed by atoms with Crippen LogP contribution < -0.4 is 10.5 Å². The highest BCUT2D eigenvalue weighted by Gasteiger charge is 2.22. The van der Waals surface area contributed by atoms with Crippen molar-refractivity contribution in [2.45, 2.75) is 4.90 Å². The van der Waals surface area contributed by atoms with Crippen molar-refractivity contribution in [2.24, 2.45) is 0 Å². The first kappa shape index (κ1) is 16.7. The number of rotatable bonds is 6. The lowest BCUT2D eigenvalue weighted by atomic mass is 10.3. The Morgan fingerprint density at radius 3 is 2.35 bits per heavy atom. The number of nitrogen functional groups attached to an aromatic ring is 1. The second-order valence-electron chi connectivity index (χ2n) is 4.36. The molecule has 1 aromatic carbocycles. The zero-order valence-corrected chi connectivity index (χ0v) is 13.2. The standard InChI is InChI=1S/C11H18N2O5S2/c1-13(6-7-19(3,14)15)20(16,17)9-4-5-10(12)11(8-9)18-2/h4-5,8H,6-7,12H2,1-3H3. The van der Waals surface area contributed by atoms with Gasteiger partial charge in [-0.1, -0.05) is 0 Å². The molecule has 0 fully saturated rings. The molecule has 0 aliphatic rings. The van der Waals surface area contributed by atoms with Crippen LogP contribution in [-0.2, 0) is 19.9 Å². The second kappa shape index (κ2) is 5.98. The van der Waals surface area contributed by atoms with Crippen molar-refractivity contribution in [2.75, 3.05) is 38.4 Å². The molecule has 0 aliphatic carbocycles. The topological polar surface area (TPSA) is 107 Å². The predicted molar refractivity (Wildman–Crippen MR) is 76.9 cm³/mol. The molecule has 0 aromatic heterocycles. The van der Waals surface area contributed by atoms with Gasteiger partial charge < -0.3 is 10.5 Å². The normalized spacial score (nSPS) is 12.6. The van der Waals surface area contributed by atoms with Crippen LogP contribution in [0.4, 0.5) is 5.69 Å². The Kier molecular flexibility index (Phi) is 5.00. The number of ether oxygens (including phenoxy) is 1. The van der Waals surface area contributed by atoms with Crippen LogP contribution in [0.5, 0.6) is 5.75 Å². The molecule has 0 bridgehead atoms. The van der Waals surface area contributed by atoms with Crippen molar-refractivity contribution >= 4 is 25.5 Å². The molecule has 0 saturated carbocycles. The molecule has 0 radical (unpaired) electrons. The van der Waals surface area contributed by atoms with E-state index < -0.39 is 19.9 Å². The van der Waals surface area contributed by atoms with Crippen molar-refractivity contribution in [3.05, 3.63) is 18.2 Å². The third-order valence-corrected chi connectivity index (χ3v) is 5.47. The monoisotopic (exact) mass is 322 g/mol. The van der Waals surface area contributed by atoms with Gasteiger partial charge >= 0.3 is 0 Å². The average Bonchev–Trinajstić information content (AvgIpc) is 2.35. The van der Waals surface area contributed by atoms with Gasteiger partial charge in [0.05, 0.1) is 23.4 Å². The van der Waals surface area contributed by atoms with Crippen molar-refractivity contribution < 1.29 is 21.6 Å². The minimum absolute atomic E-state index is 0.000416. The lowest BCUT2D eigenvalue weighted by molar-refractivity contribution is 0.415. The maximum Gasteiger partial charge on any atom is 0.242 e. The van der Waals surface area contributed by atoms with E-state index in [1.807, 2.05) is 0 Å². The zero-order chi connectivity index (χ0) is 15.6. The number of benzene rings is 1. The molecule has 0 amide bonds. The van der Waals surface area contributed by atoms with E-state index in [2.05, 4.69) is 0 Å². The van der Waals surface area contributed by atoms with Crippen molar-refractivity contribution in [3.63, 3.8) is 0 Å². The summed E-state index contributed by atoms with van der Waals surface area (Å²) in [6.45, 7) is -0.117. The highest BCUT2D eigenvalue weighted by molar-refractivity contribution is 7.91. The zero-order valence-electron chi connectivity index (χ0n) is 11.5. The number of methoxy groups -OCH3 is 1. The molecule has 0 saturated heterocycles. The summed E-state index contributed by atoms with van der Waals surface area (Å²) in [5.74, 6) is 0.0112. The minimum Gasteiger partial charge on any atom is -0.495 e. The Morgan fingerprint density at radius 1 is 1.25 bits per heavy atom. The average molecular weight is 322 g/mol. The van der Waals surface area contributed by atoms with Gasteiger partial charge in [0.2, 0.25) is 10.0 Å². The Labute approximate surface area is 119 Å². The second-order valence-corrected chi connectivity index (χ2v) is 8.66. The van der Waals surface area contributed by atoms with Crippen LogP contribution in [0.3, 0.4) is 0 Å². The van der Waals surface area contributed by atoms with Gasteiger partial charge in [-0.05, 0) is 12.1 Å². The third-order valence-electron chi connectivity index (χ3n) is 2.69. The van der Waals surface area contributed by atoms with Gasteiger partial charge in [-0.25, -0.2) is 16.8 Å². The molecule has 0 heterocycles. The molecule has 0 aliphatic heterocycles. The number of sulfonamides is 1. The SMILES string of the molecule is COc1cc(S(=O)(=O)N(C)CCS(C)(=O)=O)ccc1N. The molecular formula is C11H18N2O5S2. The number of nitrogens with two attached hydrogens (primary N) is 1. The lowest BCUT2D eigenvalue weighted by Gasteiger charge is -2.17. The van der Waals surface area contributed by atoms with E-state index in [1.165, 1.54) is 32.4 Å². The Morgan fingerprint density at radius 2 is 1.85 bits per heavy atom. The molecule has 1 rings (SSSR count). The van der Waals surface area contributed by atoms with Crippen LogP contribution in [0.15, 0.2) is 23.1 Å². The molecule has 0 spiro atoms. The van der Waals surface area contributed by atoms with Gasteiger partial charge in [0.25, 0.3) is 0 Å². The fraction of sp³-hybridized carbons (Fsp3) is 0.455. The van der Waals surface area contributed by atoms with E-state index in [9.17, 15) is 16.8 Å². The summed E-state index contributed by atoms with van der Waals surface area (Å²) in [4.78, 5) is -0.000416. The molecule has 2 N–H and O–H groups in total. The maximum atomic E-state index is 12.3. The number of nitrogens with zero attached hydrogens (tertiary/aromatic N) is 1. The molecular weight excluding hydrogens is 304 g/mol. The first-order chi connectivity index (χ1) is 9.08. The summed E-state index contributed by atoms with van der Waals surface area (Å²) >= 11 is 0. The summed E-state index contributed by atoms with van der Waals surface area (Å²) < 4.78 is 52.7. The van der Waals surface area contributed by atoms with Gasteiger partial charge in [-0.3, -0.25) is 0 Å². The van der Waals surface area contributed by atoms with Crippen molar-refractivity contribution in [1.29, 1.82) is 0 Å². The molecule has 7 nitrogen and oxygen atoms in total. The van der Waals surface area contributed by atoms with E-state index in [0.29, 0.717) is 5.69 Å². The fourth-order valence-corrected chi connectivity index (χ4v) is 3.36. The Hall–Kier alpha value is -1.32. The Balaban J connectivity index is 3.04. The van der Waals surface area contributed by atoms with Gasteiger partial charge in [0.1, 0.15) is 15.6 Å². The molecule has 1 aromatic rings. The first-order valence-electron chi connectivity index (χ1n) is 5.65. The van der Waals surface area contributed by atoms with E-state index in [-0.39, 0.29) is 22.9 Å². The number of anilines is 1. The quantitative estimate of drug-likeness (QED) is 0.736. The molecule has 0 unspecified atom stereocenters. The van der Waals surface area contributed by atoms with E-state index in [0.717, 1.165) is 10.6 Å². The largest absolute Gasteiger partial charge is 0.495 e. The van der Waals surface area contributed by atoms with Gasteiger partial charge in [0, 0.05) is 25.9 Å². The Bertz CT molecular complexity index is 683. The summed E-state index contributed by atoms with van der Waals surface area (Å²) in [5.41, 5.74) is 5.95. The van der Waals surface area contributed by atoms with Crippen LogP contribution in [-0.4, -0.2) is 53.9 Å². The molecule has 9 heteroatoms. The maximum absolute atomic E-state index is 12.3. The molecule has 114 valence electrons. The number of hydrogen-bond acceptors (Lipinski definition) is 6. The van der Waals surface area contributed by atoms with Crippen LogP contribution in [0.2, 0.25) is 0 Å². The smallest absolute Gasteiger partial charge is 0.242 e. The van der Waals surface area contributed by atoms with Gasteiger partial charge in [-0.2, -0.15) is 4.31 Å². The highest BCUT2D eigenvalue weighted by atomic mass is 32.2. The minimum atomic E-state index is -3.78. The fourth-order valence-electron chi connectivity index (χ4n) is 1.45. The molecule has 20 heavy (non-hydrogen) atoms. The first-order valence-corrected chi connectivity index (χ1v) is 9.15.